The SMILES string of the molecule is CN(Cc1ccc(C#N)cc1)C(=O)c1ccnc(Br)c1. The van der Waals surface area contributed by atoms with Gasteiger partial charge in [-0.2, -0.15) is 5.26 Å². The van der Waals surface area contributed by atoms with E-state index in [-0.39, 0.29) is 5.91 Å². The molecule has 2 aromatic rings. The molecule has 0 unspecified atom stereocenters. The molecule has 0 N–H and O–H groups in total. The van der Waals surface area contributed by atoms with Crippen LogP contribution in [0.15, 0.2) is 47.2 Å². The maximum absolute atomic E-state index is 12.2. The van der Waals surface area contributed by atoms with Crippen LogP contribution in [0.4, 0.5) is 0 Å². The fourth-order valence-corrected chi connectivity index (χ4v) is 2.15. The Bertz CT molecular complexity index is 662. The molecule has 0 saturated heterocycles. The highest BCUT2D eigenvalue weighted by Crippen LogP contribution is 2.12. The standard InChI is InChI=1S/C15H12BrN3O/c1-19(10-12-4-2-11(9-17)3-5-12)15(20)13-6-7-18-14(16)8-13/h2-8H,10H2,1H3. The lowest BCUT2D eigenvalue weighted by Crippen LogP contribution is -2.26. The van der Waals surface area contributed by atoms with Crippen molar-refractivity contribution in [1.82, 2.24) is 9.88 Å². The molecule has 0 radical (unpaired) electrons. The normalized spacial score (nSPS) is 9.85. The molecule has 5 heteroatoms. The lowest BCUT2D eigenvalue weighted by Gasteiger charge is -2.17. The number of nitriles is 1. The Balaban J connectivity index is 2.09. The summed E-state index contributed by atoms with van der Waals surface area (Å²) >= 11 is 3.25. The van der Waals surface area contributed by atoms with E-state index in [0.29, 0.717) is 22.3 Å². The predicted octanol–water partition coefficient (Wildman–Crippen LogP) is 2.99. The first-order valence-electron chi connectivity index (χ1n) is 5.96. The summed E-state index contributed by atoms with van der Waals surface area (Å²) in [6.07, 6.45) is 1.59. The van der Waals surface area contributed by atoms with E-state index in [4.69, 9.17) is 5.26 Å². The van der Waals surface area contributed by atoms with E-state index < -0.39 is 0 Å². The van der Waals surface area contributed by atoms with Crippen LogP contribution in [0.2, 0.25) is 0 Å². The van der Waals surface area contributed by atoms with Crippen molar-refractivity contribution in [2.45, 2.75) is 6.54 Å². The molecule has 0 bridgehead atoms. The van der Waals surface area contributed by atoms with Crippen LogP contribution in [0.5, 0.6) is 0 Å². The van der Waals surface area contributed by atoms with Crippen LogP contribution in [0, 0.1) is 11.3 Å². The molecule has 20 heavy (non-hydrogen) atoms. The number of carbonyl (C=O) groups is 1. The summed E-state index contributed by atoms with van der Waals surface area (Å²) in [5.74, 6) is -0.0718. The van der Waals surface area contributed by atoms with Crippen LogP contribution in [0.3, 0.4) is 0 Å². The molecule has 0 fully saturated rings. The minimum Gasteiger partial charge on any atom is -0.337 e. The second-order valence-electron chi connectivity index (χ2n) is 4.34. The smallest absolute Gasteiger partial charge is 0.254 e. The number of hydrogen-bond donors (Lipinski definition) is 0. The van der Waals surface area contributed by atoms with Crippen LogP contribution >= 0.6 is 15.9 Å². The number of hydrogen-bond acceptors (Lipinski definition) is 3. The van der Waals surface area contributed by atoms with Gasteiger partial charge in [-0.05, 0) is 45.8 Å². The van der Waals surface area contributed by atoms with Crippen molar-refractivity contribution in [1.29, 1.82) is 5.26 Å². The Kier molecular flexibility index (Phi) is 4.49. The molecule has 0 aliphatic heterocycles. The van der Waals surface area contributed by atoms with E-state index in [1.807, 2.05) is 12.1 Å². The monoisotopic (exact) mass is 329 g/mol. The third kappa shape index (κ3) is 3.43. The number of carbonyl (C=O) groups excluding carboxylic acids is 1. The molecular weight excluding hydrogens is 318 g/mol. The Morgan fingerprint density at radius 3 is 2.65 bits per heavy atom. The second kappa shape index (κ2) is 6.31. The molecule has 1 aromatic heterocycles. The first-order chi connectivity index (χ1) is 9.60. The van der Waals surface area contributed by atoms with Crippen molar-refractivity contribution in [2.24, 2.45) is 0 Å². The first-order valence-corrected chi connectivity index (χ1v) is 6.75. The highest BCUT2D eigenvalue weighted by molar-refractivity contribution is 9.10. The van der Waals surface area contributed by atoms with Crippen LogP contribution in [0.25, 0.3) is 0 Å². The van der Waals surface area contributed by atoms with Crippen molar-refractivity contribution in [3.63, 3.8) is 0 Å². The van der Waals surface area contributed by atoms with Gasteiger partial charge in [0.1, 0.15) is 4.60 Å². The van der Waals surface area contributed by atoms with Crippen molar-refractivity contribution in [3.8, 4) is 6.07 Å². The quantitative estimate of drug-likeness (QED) is 0.813. The van der Waals surface area contributed by atoms with Gasteiger partial charge in [-0.25, -0.2) is 4.98 Å². The predicted molar refractivity (Wildman–Crippen MR) is 78.9 cm³/mol. The Hall–Kier alpha value is -2.19. The zero-order valence-corrected chi connectivity index (χ0v) is 12.5. The fourth-order valence-electron chi connectivity index (χ4n) is 1.79. The molecular formula is C15H12BrN3O. The van der Waals surface area contributed by atoms with Gasteiger partial charge in [0.25, 0.3) is 5.91 Å². The summed E-state index contributed by atoms with van der Waals surface area (Å²) in [6.45, 7) is 0.491. The zero-order valence-electron chi connectivity index (χ0n) is 10.9. The average molecular weight is 330 g/mol. The maximum atomic E-state index is 12.2. The number of halogens is 1. The lowest BCUT2D eigenvalue weighted by molar-refractivity contribution is 0.0785. The van der Waals surface area contributed by atoms with Gasteiger partial charge >= 0.3 is 0 Å². The summed E-state index contributed by atoms with van der Waals surface area (Å²) < 4.78 is 0.634. The molecule has 0 spiro atoms. The van der Waals surface area contributed by atoms with Gasteiger partial charge in [0.05, 0.1) is 11.6 Å². The highest BCUT2D eigenvalue weighted by Gasteiger charge is 2.12. The molecule has 0 saturated carbocycles. The highest BCUT2D eigenvalue weighted by atomic mass is 79.9. The first kappa shape index (κ1) is 14.2. The van der Waals surface area contributed by atoms with E-state index in [2.05, 4.69) is 27.0 Å². The van der Waals surface area contributed by atoms with Crippen LogP contribution in [-0.4, -0.2) is 22.8 Å². The lowest BCUT2D eigenvalue weighted by atomic mass is 10.1. The minimum atomic E-state index is -0.0718. The number of benzene rings is 1. The van der Waals surface area contributed by atoms with Gasteiger partial charge in [-0.15, -0.1) is 0 Å². The molecule has 0 aliphatic carbocycles. The van der Waals surface area contributed by atoms with Gasteiger partial charge < -0.3 is 4.90 Å². The van der Waals surface area contributed by atoms with E-state index in [9.17, 15) is 4.79 Å². The zero-order chi connectivity index (χ0) is 14.5. The molecule has 100 valence electrons. The number of pyridine rings is 1. The van der Waals surface area contributed by atoms with Gasteiger partial charge in [-0.3, -0.25) is 4.79 Å². The van der Waals surface area contributed by atoms with Crippen LogP contribution < -0.4 is 0 Å². The topological polar surface area (TPSA) is 57.0 Å². The number of amides is 1. The summed E-state index contributed by atoms with van der Waals surface area (Å²) in [6, 6.07) is 12.6. The Labute approximate surface area is 125 Å². The number of nitrogens with zero attached hydrogens (tertiary/aromatic N) is 3. The van der Waals surface area contributed by atoms with Crippen LogP contribution in [0.1, 0.15) is 21.5 Å². The maximum Gasteiger partial charge on any atom is 0.254 e. The molecule has 2 rings (SSSR count). The molecule has 1 heterocycles. The summed E-state index contributed by atoms with van der Waals surface area (Å²) in [7, 11) is 1.74. The van der Waals surface area contributed by atoms with Gasteiger partial charge in [0.2, 0.25) is 0 Å². The van der Waals surface area contributed by atoms with Crippen LogP contribution in [-0.2, 0) is 6.54 Å². The van der Waals surface area contributed by atoms with Crippen molar-refractivity contribution in [2.75, 3.05) is 7.05 Å². The van der Waals surface area contributed by atoms with Gasteiger partial charge in [0.15, 0.2) is 0 Å². The molecule has 4 nitrogen and oxygen atoms in total. The van der Waals surface area contributed by atoms with Gasteiger partial charge in [0, 0.05) is 25.4 Å². The molecule has 0 atom stereocenters. The van der Waals surface area contributed by atoms with E-state index in [0.717, 1.165) is 5.56 Å². The largest absolute Gasteiger partial charge is 0.337 e. The van der Waals surface area contributed by atoms with Crippen molar-refractivity contribution >= 4 is 21.8 Å². The summed E-state index contributed by atoms with van der Waals surface area (Å²) in [5, 5.41) is 8.75. The number of aromatic nitrogens is 1. The summed E-state index contributed by atoms with van der Waals surface area (Å²) in [4.78, 5) is 17.9. The van der Waals surface area contributed by atoms with E-state index >= 15 is 0 Å². The van der Waals surface area contributed by atoms with Crippen molar-refractivity contribution < 1.29 is 4.79 Å². The van der Waals surface area contributed by atoms with E-state index in [1.165, 1.54) is 0 Å². The molecule has 1 aromatic carbocycles. The fraction of sp³-hybridized carbons (Fsp3) is 0.133. The average Bonchev–Trinajstić information content (AvgIpc) is 2.47. The second-order valence-corrected chi connectivity index (χ2v) is 5.15. The minimum absolute atomic E-state index is 0.0718. The number of rotatable bonds is 3. The van der Waals surface area contributed by atoms with E-state index in [1.54, 1.807) is 42.4 Å². The van der Waals surface area contributed by atoms with Crippen molar-refractivity contribution in [3.05, 3.63) is 63.9 Å². The Morgan fingerprint density at radius 1 is 1.35 bits per heavy atom. The molecule has 1 amide bonds. The molecule has 0 aliphatic rings. The van der Waals surface area contributed by atoms with Gasteiger partial charge in [-0.1, -0.05) is 12.1 Å². The summed E-state index contributed by atoms with van der Waals surface area (Å²) in [5.41, 5.74) is 2.18. The third-order valence-corrected chi connectivity index (χ3v) is 3.26. The Morgan fingerprint density at radius 2 is 2.05 bits per heavy atom. The third-order valence-electron chi connectivity index (χ3n) is 2.82.